The van der Waals surface area contributed by atoms with Crippen LogP contribution in [0, 0.1) is 5.92 Å². The maximum atomic E-state index is 12.9. The number of anilines is 1. The molecule has 7 nitrogen and oxygen atoms in total. The van der Waals surface area contributed by atoms with Crippen LogP contribution in [0.1, 0.15) is 25.0 Å². The Bertz CT molecular complexity index is 1010. The molecule has 1 fully saturated rings. The molecule has 1 N–H and O–H groups in total. The molecule has 26 heavy (non-hydrogen) atoms. The summed E-state index contributed by atoms with van der Waals surface area (Å²) in [6, 6.07) is 6.50. The smallest absolute Gasteiger partial charge is 0.275 e. The summed E-state index contributed by atoms with van der Waals surface area (Å²) < 4.78 is 29.1. The zero-order chi connectivity index (χ0) is 18.5. The van der Waals surface area contributed by atoms with Crippen LogP contribution in [0.5, 0.6) is 0 Å². The summed E-state index contributed by atoms with van der Waals surface area (Å²) in [4.78, 5) is 26.4. The maximum absolute atomic E-state index is 12.9. The number of piperidine rings is 1. The molecule has 9 heteroatoms. The van der Waals surface area contributed by atoms with E-state index < -0.39 is 10.0 Å². The summed E-state index contributed by atoms with van der Waals surface area (Å²) in [5.41, 5.74) is 0.607. The molecule has 2 bridgehead atoms. The minimum Gasteiger partial charge on any atom is -0.342 e. The number of likely N-dealkylation sites (tertiary alicyclic amines) is 1. The Morgan fingerprint density at radius 3 is 2.73 bits per heavy atom. The van der Waals surface area contributed by atoms with Crippen LogP contribution in [-0.2, 0) is 21.4 Å². The number of carbonyl (C=O) groups is 1. The van der Waals surface area contributed by atoms with Crippen molar-refractivity contribution < 1.29 is 13.2 Å². The topological polar surface area (TPSA) is 88.5 Å². The SMILES string of the molecule is CC(=O)N1C[C@@H]2C[C@H](C1)c1ccc(NS(=O)(=O)c3cccs3)c(=O)n1C2. The lowest BCUT2D eigenvalue weighted by atomic mass is 9.83. The molecule has 2 atom stereocenters. The number of hydrogen-bond acceptors (Lipinski definition) is 5. The van der Waals surface area contributed by atoms with Crippen molar-refractivity contribution in [1.82, 2.24) is 9.47 Å². The summed E-state index contributed by atoms with van der Waals surface area (Å²) in [6.07, 6.45) is 0.948. The summed E-state index contributed by atoms with van der Waals surface area (Å²) in [5.74, 6) is 0.380. The predicted octanol–water partition coefficient (Wildman–Crippen LogP) is 1.68. The second kappa shape index (κ2) is 6.24. The highest BCUT2D eigenvalue weighted by Crippen LogP contribution is 2.35. The number of sulfonamides is 1. The molecule has 0 unspecified atom stereocenters. The molecule has 2 aliphatic heterocycles. The molecule has 0 aliphatic carbocycles. The molecule has 2 aromatic heterocycles. The van der Waals surface area contributed by atoms with Crippen molar-refractivity contribution in [2.75, 3.05) is 17.8 Å². The van der Waals surface area contributed by atoms with Crippen molar-refractivity contribution in [1.29, 1.82) is 0 Å². The van der Waals surface area contributed by atoms with E-state index in [1.54, 1.807) is 29.0 Å². The number of nitrogens with zero attached hydrogens (tertiary/aromatic N) is 2. The van der Waals surface area contributed by atoms with Crippen LogP contribution in [0.4, 0.5) is 5.69 Å². The number of fused-ring (bicyclic) bond motifs is 4. The maximum Gasteiger partial charge on any atom is 0.275 e. The van der Waals surface area contributed by atoms with Gasteiger partial charge in [-0.2, -0.15) is 0 Å². The van der Waals surface area contributed by atoms with E-state index in [-0.39, 0.29) is 33.2 Å². The van der Waals surface area contributed by atoms with Crippen LogP contribution in [0.3, 0.4) is 0 Å². The van der Waals surface area contributed by atoms with Crippen LogP contribution in [0.25, 0.3) is 0 Å². The third-order valence-electron chi connectivity index (χ3n) is 5.05. The van der Waals surface area contributed by atoms with Gasteiger partial charge in [-0.3, -0.25) is 14.3 Å². The average Bonchev–Trinajstić information content (AvgIpc) is 3.13. The number of rotatable bonds is 3. The normalized spacial score (nSPS) is 22.0. The fraction of sp³-hybridized carbons (Fsp3) is 0.412. The minimum atomic E-state index is -3.76. The average molecular weight is 393 g/mol. The van der Waals surface area contributed by atoms with Gasteiger partial charge in [0.05, 0.1) is 0 Å². The van der Waals surface area contributed by atoms with Gasteiger partial charge >= 0.3 is 0 Å². The highest BCUT2D eigenvalue weighted by atomic mass is 32.2. The second-order valence-corrected chi connectivity index (χ2v) is 9.70. The summed E-state index contributed by atoms with van der Waals surface area (Å²) in [7, 11) is -3.76. The van der Waals surface area contributed by atoms with Crippen molar-refractivity contribution in [2.24, 2.45) is 5.92 Å². The van der Waals surface area contributed by atoms with Gasteiger partial charge < -0.3 is 9.47 Å². The van der Waals surface area contributed by atoms with Gasteiger partial charge in [0.15, 0.2) is 0 Å². The van der Waals surface area contributed by atoms with E-state index in [0.717, 1.165) is 23.5 Å². The number of aromatic nitrogens is 1. The zero-order valence-electron chi connectivity index (χ0n) is 14.2. The van der Waals surface area contributed by atoms with Crippen LogP contribution in [0.15, 0.2) is 38.6 Å². The molecule has 0 spiro atoms. The van der Waals surface area contributed by atoms with E-state index in [2.05, 4.69) is 4.72 Å². The van der Waals surface area contributed by atoms with Crippen molar-refractivity contribution in [3.05, 3.63) is 45.7 Å². The lowest BCUT2D eigenvalue weighted by Crippen LogP contribution is -2.48. The Morgan fingerprint density at radius 2 is 2.04 bits per heavy atom. The summed E-state index contributed by atoms with van der Waals surface area (Å²) in [6.45, 7) is 3.31. The quantitative estimate of drug-likeness (QED) is 0.859. The molecule has 2 aromatic rings. The van der Waals surface area contributed by atoms with Gasteiger partial charge in [-0.15, -0.1) is 11.3 Å². The highest BCUT2D eigenvalue weighted by Gasteiger charge is 2.36. The number of pyridine rings is 1. The first kappa shape index (κ1) is 17.3. The van der Waals surface area contributed by atoms with E-state index in [0.29, 0.717) is 19.6 Å². The van der Waals surface area contributed by atoms with Gasteiger partial charge in [0.25, 0.3) is 15.6 Å². The lowest BCUT2D eigenvalue weighted by molar-refractivity contribution is -0.131. The van der Waals surface area contributed by atoms with Crippen molar-refractivity contribution in [3.8, 4) is 0 Å². The Balaban J connectivity index is 1.68. The molecule has 0 aromatic carbocycles. The number of thiophene rings is 1. The van der Waals surface area contributed by atoms with Crippen molar-refractivity contribution in [3.63, 3.8) is 0 Å². The Labute approximate surface area is 155 Å². The number of carbonyl (C=O) groups excluding carboxylic acids is 1. The molecule has 4 rings (SSSR count). The van der Waals surface area contributed by atoms with Gasteiger partial charge in [-0.05, 0) is 35.9 Å². The minimum absolute atomic E-state index is 0.0517. The zero-order valence-corrected chi connectivity index (χ0v) is 15.8. The predicted molar refractivity (Wildman–Crippen MR) is 98.9 cm³/mol. The lowest BCUT2D eigenvalue weighted by Gasteiger charge is -2.42. The Morgan fingerprint density at radius 1 is 1.23 bits per heavy atom. The third-order valence-corrected chi connectivity index (χ3v) is 7.82. The standard InChI is InChI=1S/C17H19N3O4S2/c1-11(21)19-8-12-7-13(10-19)15-5-4-14(17(22)20(15)9-12)18-26(23,24)16-3-2-6-25-16/h2-6,12-13,18H,7-10H2,1H3/t12-,13+/m0/s1. The Kier molecular flexibility index (Phi) is 4.15. The molecule has 2 aliphatic rings. The molecule has 4 heterocycles. The highest BCUT2D eigenvalue weighted by molar-refractivity contribution is 7.94. The van der Waals surface area contributed by atoms with E-state index in [9.17, 15) is 18.0 Å². The molecule has 0 radical (unpaired) electrons. The first-order valence-electron chi connectivity index (χ1n) is 8.41. The van der Waals surface area contributed by atoms with E-state index in [4.69, 9.17) is 0 Å². The first-order valence-corrected chi connectivity index (χ1v) is 10.8. The van der Waals surface area contributed by atoms with Gasteiger partial charge in [0, 0.05) is 38.2 Å². The van der Waals surface area contributed by atoms with Crippen LogP contribution in [-0.4, -0.2) is 36.9 Å². The van der Waals surface area contributed by atoms with Crippen LogP contribution >= 0.6 is 11.3 Å². The van der Waals surface area contributed by atoms with Crippen LogP contribution in [0.2, 0.25) is 0 Å². The van der Waals surface area contributed by atoms with Crippen LogP contribution < -0.4 is 10.3 Å². The fourth-order valence-electron chi connectivity index (χ4n) is 3.89. The largest absolute Gasteiger partial charge is 0.342 e. The number of nitrogens with one attached hydrogen (secondary N) is 1. The van der Waals surface area contributed by atoms with Crippen molar-refractivity contribution >= 4 is 33.0 Å². The van der Waals surface area contributed by atoms with E-state index in [1.807, 2.05) is 4.90 Å². The first-order chi connectivity index (χ1) is 12.3. The summed E-state index contributed by atoms with van der Waals surface area (Å²) >= 11 is 1.10. The Hall–Kier alpha value is -2.13. The third kappa shape index (κ3) is 2.95. The molecular weight excluding hydrogens is 374 g/mol. The van der Waals surface area contributed by atoms with E-state index in [1.165, 1.54) is 12.1 Å². The second-order valence-electron chi connectivity index (χ2n) is 6.85. The van der Waals surface area contributed by atoms with Gasteiger partial charge in [0.2, 0.25) is 5.91 Å². The van der Waals surface area contributed by atoms with E-state index >= 15 is 0 Å². The molecule has 1 amide bonds. The number of amides is 1. The van der Waals surface area contributed by atoms with Crippen molar-refractivity contribution in [2.45, 2.75) is 30.0 Å². The van der Waals surface area contributed by atoms with Gasteiger partial charge in [-0.1, -0.05) is 6.07 Å². The molecule has 1 saturated heterocycles. The monoisotopic (exact) mass is 393 g/mol. The number of hydrogen-bond donors (Lipinski definition) is 1. The van der Waals surface area contributed by atoms with Gasteiger partial charge in [-0.25, -0.2) is 8.42 Å². The molecular formula is C17H19N3O4S2. The molecule has 138 valence electrons. The molecule has 0 saturated carbocycles. The summed E-state index contributed by atoms with van der Waals surface area (Å²) in [5, 5.41) is 1.68. The van der Waals surface area contributed by atoms with Gasteiger partial charge in [0.1, 0.15) is 9.90 Å². The fourth-order valence-corrected chi connectivity index (χ4v) is 5.94.